The van der Waals surface area contributed by atoms with Gasteiger partial charge in [-0.3, -0.25) is 9.59 Å². The third-order valence-corrected chi connectivity index (χ3v) is 7.10. The van der Waals surface area contributed by atoms with E-state index in [-0.39, 0.29) is 25.5 Å². The Labute approximate surface area is 270 Å². The minimum atomic E-state index is -1.29. The highest BCUT2D eigenvalue weighted by Crippen LogP contribution is 2.12. The molecule has 6 amide bonds. The molecule has 0 bridgehead atoms. The van der Waals surface area contributed by atoms with E-state index in [9.17, 15) is 24.3 Å². The van der Waals surface area contributed by atoms with Crippen molar-refractivity contribution in [2.24, 2.45) is 5.73 Å². The van der Waals surface area contributed by atoms with E-state index in [0.717, 1.165) is 16.7 Å². The van der Waals surface area contributed by atoms with Gasteiger partial charge in [-0.05, 0) is 50.3 Å². The Bertz CT molecular complexity index is 1400. The molecule has 11 nitrogen and oxygen atoms in total. The number of aliphatic hydroxyl groups is 1. The molecular weight excluding hydrogens is 584 g/mol. The molecule has 0 aliphatic rings. The van der Waals surface area contributed by atoms with E-state index in [1.807, 2.05) is 112 Å². The highest BCUT2D eigenvalue weighted by atomic mass is 16.3. The number of carbonyl (C=O) groups excluding carboxylic acids is 4. The molecule has 3 rings (SSSR count). The summed E-state index contributed by atoms with van der Waals surface area (Å²) in [4.78, 5) is 53.0. The summed E-state index contributed by atoms with van der Waals surface area (Å²) < 4.78 is 0. The monoisotopic (exact) mass is 630 g/mol. The van der Waals surface area contributed by atoms with Gasteiger partial charge in [0.05, 0.1) is 25.1 Å². The lowest BCUT2D eigenvalue weighted by Gasteiger charge is -2.33. The van der Waals surface area contributed by atoms with Gasteiger partial charge in [0.15, 0.2) is 0 Å². The number of nitrogens with two attached hydrogens (primary N) is 1. The second-order valence-corrected chi connectivity index (χ2v) is 12.3. The van der Waals surface area contributed by atoms with Gasteiger partial charge in [0.1, 0.15) is 6.04 Å². The maximum Gasteiger partial charge on any atom is 0.317 e. The van der Waals surface area contributed by atoms with E-state index >= 15 is 0 Å². The molecule has 3 aromatic carbocycles. The lowest BCUT2D eigenvalue weighted by molar-refractivity contribution is -0.128. The number of rotatable bonds is 15. The largest absolute Gasteiger partial charge is 0.389 e. The van der Waals surface area contributed by atoms with Crippen molar-refractivity contribution in [3.8, 4) is 0 Å². The van der Waals surface area contributed by atoms with Gasteiger partial charge in [-0.15, -0.1) is 0 Å². The summed E-state index contributed by atoms with van der Waals surface area (Å²) in [5.41, 5.74) is 7.63. The molecule has 0 radical (unpaired) electrons. The molecule has 0 aliphatic heterocycles. The number of nitrogens with zero attached hydrogens (tertiary/aromatic N) is 1. The summed E-state index contributed by atoms with van der Waals surface area (Å²) >= 11 is 0. The zero-order valence-electron chi connectivity index (χ0n) is 26.7. The van der Waals surface area contributed by atoms with Crippen LogP contribution in [0, 0.1) is 0 Å². The van der Waals surface area contributed by atoms with Gasteiger partial charge in [-0.1, -0.05) is 91.0 Å². The van der Waals surface area contributed by atoms with Gasteiger partial charge >= 0.3 is 12.1 Å². The summed E-state index contributed by atoms with van der Waals surface area (Å²) in [6, 6.07) is 25.0. The second-order valence-electron chi connectivity index (χ2n) is 12.3. The average molecular weight is 631 g/mol. The summed E-state index contributed by atoms with van der Waals surface area (Å²) in [5, 5.41) is 22.5. The van der Waals surface area contributed by atoms with E-state index in [1.54, 1.807) is 0 Å². The average Bonchev–Trinajstić information content (AvgIpc) is 3.01. The molecule has 0 fully saturated rings. The van der Waals surface area contributed by atoms with Gasteiger partial charge in [0, 0.05) is 18.6 Å². The first-order valence-corrected chi connectivity index (χ1v) is 15.4. The summed E-state index contributed by atoms with van der Waals surface area (Å²) in [5.74, 6) is -1.47. The van der Waals surface area contributed by atoms with Crippen molar-refractivity contribution >= 4 is 23.9 Å². The molecule has 3 unspecified atom stereocenters. The molecule has 0 spiro atoms. The minimum absolute atomic E-state index is 0.0853. The van der Waals surface area contributed by atoms with Crippen LogP contribution in [-0.4, -0.2) is 70.7 Å². The molecule has 11 heteroatoms. The predicted molar refractivity (Wildman–Crippen MR) is 177 cm³/mol. The van der Waals surface area contributed by atoms with Crippen LogP contribution in [-0.2, 0) is 29.0 Å². The van der Waals surface area contributed by atoms with Crippen LogP contribution in [0.2, 0.25) is 0 Å². The highest BCUT2D eigenvalue weighted by molar-refractivity contribution is 5.91. The lowest BCUT2D eigenvalue weighted by atomic mass is 9.99. The molecule has 46 heavy (non-hydrogen) atoms. The number of amides is 6. The van der Waals surface area contributed by atoms with Crippen molar-refractivity contribution < 1.29 is 24.3 Å². The third-order valence-electron chi connectivity index (χ3n) is 7.10. The summed E-state index contributed by atoms with van der Waals surface area (Å²) in [7, 11) is 0. The number of urea groups is 2. The molecule has 3 atom stereocenters. The molecule has 0 aliphatic carbocycles. The SMILES string of the molecule is CC(C)(C)NC(=O)N(CCc1ccccc1)CC(O)C(Cc1ccccc1)NC(=O)C(CC(N)=O)NC(=O)NCc1ccccc1. The smallest absolute Gasteiger partial charge is 0.317 e. The Morgan fingerprint density at radius 1 is 0.804 bits per heavy atom. The zero-order valence-corrected chi connectivity index (χ0v) is 26.7. The number of aliphatic hydroxyl groups excluding tert-OH is 1. The van der Waals surface area contributed by atoms with Gasteiger partial charge < -0.3 is 37.0 Å². The molecule has 0 heterocycles. The number of benzene rings is 3. The van der Waals surface area contributed by atoms with Crippen molar-refractivity contribution in [3.05, 3.63) is 108 Å². The fraction of sp³-hybridized carbons (Fsp3) is 0.371. The van der Waals surface area contributed by atoms with Crippen molar-refractivity contribution in [1.82, 2.24) is 26.2 Å². The molecule has 0 saturated heterocycles. The first kappa shape index (κ1) is 35.6. The van der Waals surface area contributed by atoms with Crippen molar-refractivity contribution in [3.63, 3.8) is 0 Å². The fourth-order valence-corrected chi connectivity index (χ4v) is 4.77. The van der Waals surface area contributed by atoms with Crippen molar-refractivity contribution in [1.29, 1.82) is 0 Å². The van der Waals surface area contributed by atoms with E-state index < -0.39 is 48.0 Å². The number of hydrogen-bond acceptors (Lipinski definition) is 5. The van der Waals surface area contributed by atoms with E-state index in [4.69, 9.17) is 5.73 Å². The lowest BCUT2D eigenvalue weighted by Crippen LogP contribution is -2.58. The van der Waals surface area contributed by atoms with E-state index in [1.165, 1.54) is 4.90 Å². The standard InChI is InChI=1S/C35H46N6O5/c1-35(2,3)40-34(46)41(20-19-25-13-7-4-8-14-25)24-30(42)28(21-26-15-9-5-10-16-26)38-32(44)29(22-31(36)43)39-33(45)37-23-27-17-11-6-12-18-27/h4-18,28-30,42H,19-24H2,1-3H3,(H2,36,43)(H,38,44)(H,40,46)(H2,37,39,45). The zero-order chi connectivity index (χ0) is 33.5. The van der Waals surface area contributed by atoms with Gasteiger partial charge in [0.2, 0.25) is 11.8 Å². The summed E-state index contributed by atoms with van der Waals surface area (Å²) in [6.07, 6.45) is -0.865. The molecule has 3 aromatic rings. The van der Waals surface area contributed by atoms with Crippen LogP contribution in [0.3, 0.4) is 0 Å². The topological polar surface area (TPSA) is 166 Å². The first-order chi connectivity index (χ1) is 21.9. The van der Waals surface area contributed by atoms with Gasteiger partial charge in [-0.2, -0.15) is 0 Å². The Morgan fingerprint density at radius 2 is 1.35 bits per heavy atom. The molecule has 7 N–H and O–H groups in total. The number of nitrogens with one attached hydrogen (secondary N) is 4. The number of hydrogen-bond donors (Lipinski definition) is 6. The maximum absolute atomic E-state index is 13.5. The van der Waals surface area contributed by atoms with Crippen LogP contribution in [0.4, 0.5) is 9.59 Å². The number of primary amides is 1. The van der Waals surface area contributed by atoms with E-state index in [2.05, 4.69) is 21.3 Å². The summed E-state index contributed by atoms with van der Waals surface area (Å²) in [6.45, 7) is 6.06. The van der Waals surface area contributed by atoms with Crippen LogP contribution in [0.5, 0.6) is 0 Å². The predicted octanol–water partition coefficient (Wildman–Crippen LogP) is 2.87. The van der Waals surface area contributed by atoms with Crippen molar-refractivity contribution in [2.75, 3.05) is 13.1 Å². The van der Waals surface area contributed by atoms with Crippen LogP contribution >= 0.6 is 0 Å². The minimum Gasteiger partial charge on any atom is -0.389 e. The maximum atomic E-state index is 13.5. The normalized spacial score (nSPS) is 13.0. The van der Waals surface area contributed by atoms with Gasteiger partial charge in [-0.25, -0.2) is 9.59 Å². The Morgan fingerprint density at radius 3 is 1.89 bits per heavy atom. The van der Waals surface area contributed by atoms with Crippen LogP contribution in [0.15, 0.2) is 91.0 Å². The van der Waals surface area contributed by atoms with Crippen LogP contribution < -0.4 is 27.0 Å². The quantitative estimate of drug-likeness (QED) is 0.152. The van der Waals surface area contributed by atoms with Crippen molar-refractivity contribution in [2.45, 2.75) is 70.3 Å². The van der Waals surface area contributed by atoms with Crippen LogP contribution in [0.1, 0.15) is 43.9 Å². The third kappa shape index (κ3) is 13.0. The Balaban J connectivity index is 1.78. The molecular formula is C35H46N6O5. The second kappa shape index (κ2) is 17.6. The first-order valence-electron chi connectivity index (χ1n) is 15.4. The van der Waals surface area contributed by atoms with Crippen LogP contribution in [0.25, 0.3) is 0 Å². The molecule has 0 saturated carbocycles. The molecule has 246 valence electrons. The van der Waals surface area contributed by atoms with E-state index in [0.29, 0.717) is 13.0 Å². The Kier molecular flexibility index (Phi) is 13.6. The molecule has 0 aromatic heterocycles. The fourth-order valence-electron chi connectivity index (χ4n) is 4.77. The highest BCUT2D eigenvalue weighted by Gasteiger charge is 2.31. The van der Waals surface area contributed by atoms with Gasteiger partial charge in [0.25, 0.3) is 0 Å². The number of carbonyl (C=O) groups is 4. The Hall–Kier alpha value is -4.90.